The summed E-state index contributed by atoms with van der Waals surface area (Å²) in [7, 11) is 0. The summed E-state index contributed by atoms with van der Waals surface area (Å²) >= 11 is 0. The van der Waals surface area contributed by atoms with Gasteiger partial charge in [0.2, 0.25) is 6.54 Å². The van der Waals surface area contributed by atoms with Crippen LogP contribution < -0.4 is 4.74 Å². The predicted molar refractivity (Wildman–Crippen MR) is 111 cm³/mol. The summed E-state index contributed by atoms with van der Waals surface area (Å²) in [6.07, 6.45) is 1.58. The van der Waals surface area contributed by atoms with Crippen molar-refractivity contribution in [3.63, 3.8) is 0 Å². The third kappa shape index (κ3) is 4.67. The van der Waals surface area contributed by atoms with Gasteiger partial charge in [0.1, 0.15) is 11.7 Å². The van der Waals surface area contributed by atoms with Crippen LogP contribution in [0.25, 0.3) is 0 Å². The fraction of sp³-hybridized carbons (Fsp3) is 0.391. The molecule has 30 heavy (non-hydrogen) atoms. The Kier molecular flexibility index (Phi) is 6.82. The predicted octanol–water partition coefficient (Wildman–Crippen LogP) is 3.61. The van der Waals surface area contributed by atoms with E-state index in [1.807, 2.05) is 25.1 Å². The van der Waals surface area contributed by atoms with Crippen molar-refractivity contribution in [2.45, 2.75) is 32.6 Å². The van der Waals surface area contributed by atoms with Crippen molar-refractivity contribution in [3.8, 4) is 5.75 Å². The fourth-order valence-electron chi connectivity index (χ4n) is 3.75. The van der Waals surface area contributed by atoms with Crippen molar-refractivity contribution in [3.05, 3.63) is 74.8 Å². The Labute approximate surface area is 175 Å². The number of nitrogens with zero attached hydrogens (tertiary/aromatic N) is 1. The molecule has 2 aromatic rings. The van der Waals surface area contributed by atoms with E-state index in [0.29, 0.717) is 23.5 Å². The van der Waals surface area contributed by atoms with Crippen molar-refractivity contribution >= 4 is 11.8 Å². The molecule has 2 atom stereocenters. The van der Waals surface area contributed by atoms with E-state index < -0.39 is 35.1 Å². The van der Waals surface area contributed by atoms with E-state index in [4.69, 9.17) is 9.47 Å². The van der Waals surface area contributed by atoms with E-state index in [0.717, 1.165) is 24.0 Å². The van der Waals surface area contributed by atoms with E-state index in [1.54, 1.807) is 31.2 Å². The molecule has 158 valence electrons. The van der Waals surface area contributed by atoms with Crippen molar-refractivity contribution in [1.82, 2.24) is 0 Å². The highest BCUT2D eigenvalue weighted by Gasteiger charge is 2.41. The minimum absolute atomic E-state index is 0.0792. The number of rotatable bonds is 9. The molecule has 0 spiro atoms. The third-order valence-electron chi connectivity index (χ3n) is 5.37. The lowest BCUT2D eigenvalue weighted by Crippen LogP contribution is -2.35. The molecule has 7 nitrogen and oxygen atoms in total. The first-order valence-electron chi connectivity index (χ1n) is 10.1. The number of hydrogen-bond acceptors (Lipinski definition) is 6. The van der Waals surface area contributed by atoms with Crippen LogP contribution in [0.15, 0.2) is 42.5 Å². The first-order chi connectivity index (χ1) is 14.4. The number of aryl methyl sites for hydroxylation is 1. The molecule has 0 fully saturated rings. The van der Waals surface area contributed by atoms with Gasteiger partial charge in [-0.25, -0.2) is 0 Å². The first kappa shape index (κ1) is 21.5. The van der Waals surface area contributed by atoms with Crippen molar-refractivity contribution in [2.75, 3.05) is 19.8 Å². The van der Waals surface area contributed by atoms with Crippen molar-refractivity contribution < 1.29 is 24.0 Å². The molecule has 0 aromatic heterocycles. The normalized spacial score (nSPS) is 14.3. The number of ether oxygens (including phenoxy) is 2. The van der Waals surface area contributed by atoms with E-state index >= 15 is 0 Å². The Bertz CT molecular complexity index is 937. The molecule has 1 heterocycles. The Hall–Kier alpha value is -3.22. The van der Waals surface area contributed by atoms with Gasteiger partial charge in [0.25, 0.3) is 0 Å². The molecule has 0 saturated carbocycles. The van der Waals surface area contributed by atoms with Crippen LogP contribution in [0.1, 0.15) is 46.8 Å². The lowest BCUT2D eigenvalue weighted by atomic mass is 9.80. The van der Waals surface area contributed by atoms with Gasteiger partial charge in [-0.3, -0.25) is 19.7 Å². The molecule has 0 bridgehead atoms. The zero-order chi connectivity index (χ0) is 21.7. The Morgan fingerprint density at radius 1 is 1.17 bits per heavy atom. The van der Waals surface area contributed by atoms with Gasteiger partial charge < -0.3 is 9.47 Å². The number of ketones is 1. The molecular formula is C23H25NO6. The summed E-state index contributed by atoms with van der Waals surface area (Å²) in [5, 5.41) is 11.5. The molecule has 3 rings (SSSR count). The molecule has 0 amide bonds. The standard InChI is InChI=1S/C23H25NO6/c1-3-15-5-7-17(8-6-15)22(25)21(23(26)29-4-2)19(14-24(27)28)18-10-9-16-11-12-30-20(16)13-18/h5-10,13,19,21H,3-4,11-12,14H2,1-2H3. The number of nitro groups is 1. The Balaban J connectivity index is 2.03. The number of benzene rings is 2. The number of fused-ring (bicyclic) bond motifs is 1. The number of Topliss-reactive ketones (excluding diaryl/α,β-unsaturated/α-hetero) is 1. The largest absolute Gasteiger partial charge is 0.493 e. The molecule has 0 aliphatic carbocycles. The number of hydrogen-bond donors (Lipinski definition) is 0. The third-order valence-corrected chi connectivity index (χ3v) is 5.37. The second kappa shape index (κ2) is 9.52. The van der Waals surface area contributed by atoms with Crippen LogP contribution >= 0.6 is 0 Å². The van der Waals surface area contributed by atoms with Gasteiger partial charge in [0.15, 0.2) is 5.78 Å². The minimum Gasteiger partial charge on any atom is -0.493 e. The van der Waals surface area contributed by atoms with Crippen molar-refractivity contribution in [1.29, 1.82) is 0 Å². The molecule has 7 heteroatoms. The summed E-state index contributed by atoms with van der Waals surface area (Å²) in [5.41, 5.74) is 2.91. The number of carbonyl (C=O) groups is 2. The zero-order valence-corrected chi connectivity index (χ0v) is 17.1. The Morgan fingerprint density at radius 3 is 2.53 bits per heavy atom. The molecular weight excluding hydrogens is 386 g/mol. The van der Waals surface area contributed by atoms with E-state index in [9.17, 15) is 19.7 Å². The first-order valence-corrected chi connectivity index (χ1v) is 10.1. The van der Waals surface area contributed by atoms with Crippen LogP contribution in [0.3, 0.4) is 0 Å². The molecule has 0 radical (unpaired) electrons. The maximum atomic E-state index is 13.3. The van der Waals surface area contributed by atoms with Crippen LogP contribution in [0.4, 0.5) is 0 Å². The lowest BCUT2D eigenvalue weighted by molar-refractivity contribution is -0.484. The average Bonchev–Trinajstić information content (AvgIpc) is 3.21. The molecule has 0 saturated heterocycles. The number of carbonyl (C=O) groups excluding carboxylic acids is 2. The van der Waals surface area contributed by atoms with E-state index in [1.165, 1.54) is 0 Å². The highest BCUT2D eigenvalue weighted by molar-refractivity contribution is 6.09. The van der Waals surface area contributed by atoms with Gasteiger partial charge >= 0.3 is 5.97 Å². The van der Waals surface area contributed by atoms with Crippen LogP contribution in [-0.2, 0) is 22.4 Å². The van der Waals surface area contributed by atoms with Crippen molar-refractivity contribution in [2.24, 2.45) is 5.92 Å². The lowest BCUT2D eigenvalue weighted by Gasteiger charge is -2.23. The maximum absolute atomic E-state index is 13.3. The van der Waals surface area contributed by atoms with Crippen LogP contribution in [0.2, 0.25) is 0 Å². The van der Waals surface area contributed by atoms with E-state index in [-0.39, 0.29) is 6.61 Å². The second-order valence-corrected chi connectivity index (χ2v) is 7.23. The smallest absolute Gasteiger partial charge is 0.317 e. The maximum Gasteiger partial charge on any atom is 0.317 e. The summed E-state index contributed by atoms with van der Waals surface area (Å²) < 4.78 is 10.7. The molecule has 2 aromatic carbocycles. The van der Waals surface area contributed by atoms with Gasteiger partial charge in [-0.05, 0) is 36.1 Å². The van der Waals surface area contributed by atoms with Gasteiger partial charge in [0.05, 0.1) is 19.1 Å². The number of esters is 1. The SMILES string of the molecule is CCOC(=O)C(C(=O)c1ccc(CC)cc1)C(C[N+](=O)[O-])c1ccc2c(c1)OCC2. The fourth-order valence-corrected chi connectivity index (χ4v) is 3.75. The summed E-state index contributed by atoms with van der Waals surface area (Å²) in [5.74, 6) is -2.88. The Morgan fingerprint density at radius 2 is 1.90 bits per heavy atom. The van der Waals surface area contributed by atoms with Crippen LogP contribution in [0.5, 0.6) is 5.75 Å². The van der Waals surface area contributed by atoms with Crippen LogP contribution in [0, 0.1) is 16.0 Å². The molecule has 1 aliphatic rings. The highest BCUT2D eigenvalue weighted by atomic mass is 16.6. The second-order valence-electron chi connectivity index (χ2n) is 7.23. The summed E-state index contributed by atoms with van der Waals surface area (Å²) in [6, 6.07) is 12.2. The van der Waals surface area contributed by atoms with Gasteiger partial charge in [-0.1, -0.05) is 43.3 Å². The van der Waals surface area contributed by atoms with Crippen LogP contribution in [-0.4, -0.2) is 36.4 Å². The zero-order valence-electron chi connectivity index (χ0n) is 17.1. The van der Waals surface area contributed by atoms with Gasteiger partial charge in [0, 0.05) is 16.9 Å². The van der Waals surface area contributed by atoms with Gasteiger partial charge in [-0.2, -0.15) is 0 Å². The minimum atomic E-state index is -1.32. The molecule has 1 aliphatic heterocycles. The van der Waals surface area contributed by atoms with E-state index in [2.05, 4.69) is 0 Å². The van der Waals surface area contributed by atoms with Gasteiger partial charge in [-0.15, -0.1) is 0 Å². The highest BCUT2D eigenvalue weighted by Crippen LogP contribution is 2.34. The molecule has 2 unspecified atom stereocenters. The topological polar surface area (TPSA) is 95.7 Å². The molecule has 0 N–H and O–H groups in total. The summed E-state index contributed by atoms with van der Waals surface area (Å²) in [6.45, 7) is 3.70. The average molecular weight is 411 g/mol. The monoisotopic (exact) mass is 411 g/mol. The quantitative estimate of drug-likeness (QED) is 0.206. The summed E-state index contributed by atoms with van der Waals surface area (Å²) in [4.78, 5) is 37.1.